The van der Waals surface area contributed by atoms with E-state index < -0.39 is 0 Å². The van der Waals surface area contributed by atoms with Crippen LogP contribution in [0.3, 0.4) is 0 Å². The van der Waals surface area contributed by atoms with Crippen molar-refractivity contribution in [2.24, 2.45) is 4.99 Å². The van der Waals surface area contributed by atoms with Crippen LogP contribution in [-0.2, 0) is 11.2 Å². The topological polar surface area (TPSA) is 106 Å². The first kappa shape index (κ1) is 21.4. The first-order valence-corrected chi connectivity index (χ1v) is 11.4. The van der Waals surface area contributed by atoms with E-state index in [9.17, 15) is 4.79 Å². The monoisotopic (exact) mass is 485 g/mol. The summed E-state index contributed by atoms with van der Waals surface area (Å²) in [7, 11) is 0. The van der Waals surface area contributed by atoms with E-state index in [2.05, 4.69) is 58.5 Å². The van der Waals surface area contributed by atoms with E-state index in [1.54, 1.807) is 6.21 Å². The molecule has 0 saturated heterocycles. The highest BCUT2D eigenvalue weighted by molar-refractivity contribution is 9.12. The number of benzene rings is 1. The fraction of sp³-hybridized carbons (Fsp3) is 0.409. The Morgan fingerprint density at radius 3 is 2.74 bits per heavy atom. The first-order valence-electron chi connectivity index (χ1n) is 10.6. The zero-order valence-corrected chi connectivity index (χ0v) is 19.3. The van der Waals surface area contributed by atoms with Gasteiger partial charge >= 0.3 is 0 Å². The molecule has 2 heterocycles. The summed E-state index contributed by atoms with van der Waals surface area (Å²) in [4.78, 5) is 16.3. The molecule has 1 amide bonds. The van der Waals surface area contributed by atoms with Gasteiger partial charge in [-0.3, -0.25) is 9.89 Å². The van der Waals surface area contributed by atoms with Crippen LogP contribution in [0.1, 0.15) is 50.3 Å². The molecule has 1 aliphatic carbocycles. The quantitative estimate of drug-likeness (QED) is 0.371. The third kappa shape index (κ3) is 6.10. The highest BCUT2D eigenvalue weighted by atomic mass is 79.9. The van der Waals surface area contributed by atoms with Crippen LogP contribution in [0, 0.1) is 0 Å². The molecule has 1 atom stereocenters. The smallest absolute Gasteiger partial charge is 0.220 e. The molecule has 164 valence electrons. The number of nitrogens with zero attached hydrogens (tertiary/aromatic N) is 2. The van der Waals surface area contributed by atoms with Gasteiger partial charge in [0.2, 0.25) is 5.91 Å². The van der Waals surface area contributed by atoms with E-state index >= 15 is 0 Å². The first-order chi connectivity index (χ1) is 15.0. The van der Waals surface area contributed by atoms with Gasteiger partial charge in [-0.1, -0.05) is 12.1 Å². The average molecular weight is 486 g/mol. The predicted octanol–water partition coefficient (Wildman–Crippen LogP) is 3.79. The van der Waals surface area contributed by atoms with Crippen LogP contribution in [0.15, 0.2) is 45.6 Å². The van der Waals surface area contributed by atoms with Crippen LogP contribution in [0.4, 0.5) is 11.5 Å². The Morgan fingerprint density at radius 2 is 2.03 bits per heavy atom. The lowest BCUT2D eigenvalue weighted by Crippen LogP contribution is -2.39. The van der Waals surface area contributed by atoms with Gasteiger partial charge in [0.05, 0.1) is 4.48 Å². The molecular formula is C22H28BrN7O. The summed E-state index contributed by atoms with van der Waals surface area (Å²) in [6.07, 6.45) is 5.13. The molecule has 1 fully saturated rings. The highest BCUT2D eigenvalue weighted by Crippen LogP contribution is 2.39. The van der Waals surface area contributed by atoms with Crippen molar-refractivity contribution < 1.29 is 4.79 Å². The van der Waals surface area contributed by atoms with Crippen molar-refractivity contribution in [2.75, 3.05) is 10.6 Å². The van der Waals surface area contributed by atoms with Gasteiger partial charge in [0, 0.05) is 42.0 Å². The Kier molecular flexibility index (Phi) is 6.60. The summed E-state index contributed by atoms with van der Waals surface area (Å²) in [6.45, 7) is 3.93. The number of aromatic nitrogens is 2. The summed E-state index contributed by atoms with van der Waals surface area (Å²) in [5.41, 5.74) is 3.25. The van der Waals surface area contributed by atoms with Crippen molar-refractivity contribution >= 4 is 39.6 Å². The number of hydrogen-bond acceptors (Lipinski definition) is 6. The largest absolute Gasteiger partial charge is 0.354 e. The van der Waals surface area contributed by atoms with Gasteiger partial charge in [-0.2, -0.15) is 5.10 Å². The number of carbonyl (C=O) groups is 1. The molecule has 0 bridgehead atoms. The number of aromatic amines is 1. The Labute approximate surface area is 190 Å². The third-order valence-electron chi connectivity index (χ3n) is 5.07. The van der Waals surface area contributed by atoms with Gasteiger partial charge < -0.3 is 21.3 Å². The molecule has 9 heteroatoms. The van der Waals surface area contributed by atoms with Crippen LogP contribution in [-0.4, -0.2) is 34.7 Å². The Bertz CT molecular complexity index is 976. The number of aryl methyl sites for hydroxylation is 1. The number of carbonyl (C=O) groups excluding carboxylic acids is 1. The summed E-state index contributed by atoms with van der Waals surface area (Å²) in [6, 6.07) is 10.3. The zero-order valence-electron chi connectivity index (χ0n) is 17.7. The van der Waals surface area contributed by atoms with Gasteiger partial charge in [0.25, 0.3) is 0 Å². The molecule has 1 saturated carbocycles. The molecule has 31 heavy (non-hydrogen) atoms. The predicted molar refractivity (Wildman–Crippen MR) is 127 cm³/mol. The molecular weight excluding hydrogens is 458 g/mol. The molecule has 1 unspecified atom stereocenters. The third-order valence-corrected chi connectivity index (χ3v) is 5.67. The van der Waals surface area contributed by atoms with Crippen LogP contribution < -0.4 is 21.3 Å². The summed E-state index contributed by atoms with van der Waals surface area (Å²) in [5, 5.41) is 20.4. The standard InChI is InChI=1S/C22H28BrN7O/c1-13(2)25-20(31)10-5-14-3-8-16(9-4-14)26-22-24-12-17(23)21(28-22)27-19-11-18(29-30-19)15-6-7-15/h3-4,8-9,11-13,15,22,26,28H,5-7,10H2,1-2H3,(H,25,31)(H2,27,29,30). The van der Waals surface area contributed by atoms with Crippen LogP contribution >= 0.6 is 15.9 Å². The van der Waals surface area contributed by atoms with E-state index in [1.807, 2.05) is 38.1 Å². The zero-order chi connectivity index (χ0) is 21.8. The molecule has 5 N–H and O–H groups in total. The fourth-order valence-electron chi connectivity index (χ4n) is 3.33. The molecule has 2 aliphatic rings. The lowest BCUT2D eigenvalue weighted by atomic mass is 10.1. The van der Waals surface area contributed by atoms with Crippen LogP contribution in [0.2, 0.25) is 0 Å². The normalized spacial score (nSPS) is 18.1. The van der Waals surface area contributed by atoms with E-state index in [4.69, 9.17) is 0 Å². The number of nitrogens with one attached hydrogen (secondary N) is 5. The van der Waals surface area contributed by atoms with Crippen molar-refractivity contribution in [3.63, 3.8) is 0 Å². The van der Waals surface area contributed by atoms with Crippen molar-refractivity contribution in [3.8, 4) is 0 Å². The Morgan fingerprint density at radius 1 is 1.26 bits per heavy atom. The average Bonchev–Trinajstić information content (AvgIpc) is 3.48. The summed E-state index contributed by atoms with van der Waals surface area (Å²) >= 11 is 3.53. The number of anilines is 2. The lowest BCUT2D eigenvalue weighted by Gasteiger charge is -2.24. The van der Waals surface area contributed by atoms with Crippen LogP contribution in [0.5, 0.6) is 0 Å². The number of aliphatic imine (C=N–C) groups is 1. The fourth-order valence-corrected chi connectivity index (χ4v) is 3.66. The maximum Gasteiger partial charge on any atom is 0.220 e. The minimum Gasteiger partial charge on any atom is -0.354 e. The summed E-state index contributed by atoms with van der Waals surface area (Å²) in [5.74, 6) is 2.29. The van der Waals surface area contributed by atoms with Gasteiger partial charge in [0.1, 0.15) is 5.82 Å². The van der Waals surface area contributed by atoms with E-state index in [0.29, 0.717) is 12.3 Å². The van der Waals surface area contributed by atoms with E-state index in [1.165, 1.54) is 18.5 Å². The molecule has 0 radical (unpaired) electrons. The maximum atomic E-state index is 11.8. The van der Waals surface area contributed by atoms with Crippen molar-refractivity contribution in [2.45, 2.75) is 57.8 Å². The molecule has 1 aliphatic heterocycles. The second-order valence-corrected chi connectivity index (χ2v) is 9.07. The van der Waals surface area contributed by atoms with Crippen molar-refractivity contribution in [1.82, 2.24) is 20.8 Å². The van der Waals surface area contributed by atoms with Crippen molar-refractivity contribution in [1.29, 1.82) is 0 Å². The number of amides is 1. The number of hydrogen-bond donors (Lipinski definition) is 5. The second-order valence-electron chi connectivity index (χ2n) is 8.22. The molecule has 1 aromatic heterocycles. The summed E-state index contributed by atoms with van der Waals surface area (Å²) < 4.78 is 0.830. The minimum atomic E-state index is -0.312. The minimum absolute atomic E-state index is 0.0801. The molecule has 8 nitrogen and oxygen atoms in total. The van der Waals surface area contributed by atoms with Crippen molar-refractivity contribution in [3.05, 3.63) is 51.9 Å². The maximum absolute atomic E-state index is 11.8. The number of halogens is 1. The number of rotatable bonds is 9. The Balaban J connectivity index is 1.29. The van der Waals surface area contributed by atoms with Gasteiger partial charge in [-0.05, 0) is 66.7 Å². The SMILES string of the molecule is CC(C)NC(=O)CCc1ccc(NC2N=CC(Br)=C(Nc3cc(C4CC4)[nH]n3)N2)cc1. The number of H-pyrrole nitrogens is 1. The molecule has 4 rings (SSSR count). The van der Waals surface area contributed by atoms with E-state index in [-0.39, 0.29) is 18.2 Å². The number of allylic oxidation sites excluding steroid dienone is 1. The van der Waals surface area contributed by atoms with Gasteiger partial charge in [0.15, 0.2) is 12.1 Å². The molecule has 2 aromatic rings. The lowest BCUT2D eigenvalue weighted by molar-refractivity contribution is -0.121. The highest BCUT2D eigenvalue weighted by Gasteiger charge is 2.26. The second kappa shape index (κ2) is 9.55. The van der Waals surface area contributed by atoms with Gasteiger partial charge in [-0.25, -0.2) is 4.99 Å². The van der Waals surface area contributed by atoms with Crippen LogP contribution in [0.25, 0.3) is 0 Å². The van der Waals surface area contributed by atoms with Gasteiger partial charge in [-0.15, -0.1) is 0 Å². The van der Waals surface area contributed by atoms with E-state index in [0.717, 1.165) is 33.8 Å². The molecule has 0 spiro atoms. The molecule has 1 aromatic carbocycles. The Hall–Kier alpha value is -2.81.